The molecule has 0 fully saturated rings. The molecule has 1 unspecified atom stereocenters. The summed E-state index contributed by atoms with van der Waals surface area (Å²) >= 11 is 0. The van der Waals surface area contributed by atoms with Crippen LogP contribution in [0.5, 0.6) is 0 Å². The van der Waals surface area contributed by atoms with E-state index < -0.39 is 11.9 Å². The predicted molar refractivity (Wildman–Crippen MR) is 41.2 cm³/mol. The van der Waals surface area contributed by atoms with Crippen molar-refractivity contribution in [2.45, 2.75) is 25.3 Å². The van der Waals surface area contributed by atoms with Crippen LogP contribution in [-0.4, -0.2) is 21.4 Å². The van der Waals surface area contributed by atoms with Gasteiger partial charge in [-0.3, -0.25) is 4.79 Å². The average Bonchev–Trinajstić information content (AvgIpc) is 2.48. The van der Waals surface area contributed by atoms with Crippen molar-refractivity contribution in [2.75, 3.05) is 0 Å². The molecule has 2 rings (SSSR count). The quantitative estimate of drug-likeness (QED) is 0.486. The summed E-state index contributed by atoms with van der Waals surface area (Å²) in [6, 6.07) is 0. The van der Waals surface area contributed by atoms with Crippen LogP contribution in [0.1, 0.15) is 24.5 Å². The molecule has 13 heavy (non-hydrogen) atoms. The van der Waals surface area contributed by atoms with Gasteiger partial charge in [0.25, 0.3) is 0 Å². The molecule has 0 aliphatic carbocycles. The molecule has 6 heteroatoms. The van der Waals surface area contributed by atoms with Crippen LogP contribution in [0.2, 0.25) is 0 Å². The van der Waals surface area contributed by atoms with E-state index in [1.165, 1.54) is 0 Å². The molecule has 6 nitrogen and oxygen atoms in total. The minimum Gasteiger partial charge on any atom is -0.481 e. The Balaban J connectivity index is 2.52. The number of carbonyl (C=O) groups is 1. The minimum absolute atomic E-state index is 0.327. The number of aryl methyl sites for hydroxylation is 1. The van der Waals surface area contributed by atoms with E-state index in [4.69, 9.17) is 5.11 Å². The minimum atomic E-state index is -0.932. The summed E-state index contributed by atoms with van der Waals surface area (Å²) in [7, 11) is 0. The lowest BCUT2D eigenvalue weighted by atomic mass is 9.97. The van der Waals surface area contributed by atoms with E-state index in [2.05, 4.69) is 10.3 Å². The van der Waals surface area contributed by atoms with Gasteiger partial charge in [0.05, 0.1) is 0 Å². The second kappa shape index (κ2) is 2.72. The smallest absolute Gasteiger partial charge is 0.394 e. The van der Waals surface area contributed by atoms with E-state index in [0.29, 0.717) is 18.7 Å². The molecule has 0 saturated carbocycles. The Morgan fingerprint density at radius 1 is 1.62 bits per heavy atom. The van der Waals surface area contributed by atoms with E-state index in [-0.39, 0.29) is 5.56 Å². The van der Waals surface area contributed by atoms with Crippen molar-refractivity contribution >= 4 is 5.97 Å². The number of nitrogens with zero attached hydrogens (tertiary/aromatic N) is 1. The van der Waals surface area contributed by atoms with Crippen LogP contribution in [-0.2, 0) is 11.3 Å². The fourth-order valence-electron chi connectivity index (χ4n) is 1.72. The third-order valence-corrected chi connectivity index (χ3v) is 2.33. The first-order chi connectivity index (χ1) is 6.20. The highest BCUT2D eigenvalue weighted by atomic mass is 16.4. The number of carboxylic acids is 1. The SMILES string of the molecule is O=C(O)C1CCC[n+]2[nH][nH]c(=O)c21. The number of aromatic amines is 2. The van der Waals surface area contributed by atoms with Gasteiger partial charge >= 0.3 is 11.5 Å². The number of fused-ring (bicyclic) bond motifs is 1. The zero-order chi connectivity index (χ0) is 9.42. The summed E-state index contributed by atoms with van der Waals surface area (Å²) in [5, 5.41) is 13.9. The second-order valence-electron chi connectivity index (χ2n) is 3.14. The molecule has 1 aromatic heterocycles. The summed E-state index contributed by atoms with van der Waals surface area (Å²) in [5.74, 6) is -1.60. The maximum atomic E-state index is 11.2. The van der Waals surface area contributed by atoms with Crippen LogP contribution >= 0.6 is 0 Å². The van der Waals surface area contributed by atoms with E-state index in [9.17, 15) is 9.59 Å². The molecule has 1 aliphatic heterocycles. The van der Waals surface area contributed by atoms with Gasteiger partial charge in [0, 0.05) is 0 Å². The number of hydrogen-bond acceptors (Lipinski definition) is 2. The third kappa shape index (κ3) is 1.14. The molecule has 1 aromatic rings. The Morgan fingerprint density at radius 3 is 3.08 bits per heavy atom. The fourth-order valence-corrected chi connectivity index (χ4v) is 1.72. The van der Waals surface area contributed by atoms with Gasteiger partial charge in [-0.2, -0.15) is 4.68 Å². The number of H-pyrrole nitrogens is 2. The summed E-state index contributed by atoms with van der Waals surface area (Å²) in [5.41, 5.74) is 0.00542. The zero-order valence-corrected chi connectivity index (χ0v) is 6.91. The molecule has 3 N–H and O–H groups in total. The lowest BCUT2D eigenvalue weighted by Crippen LogP contribution is -2.47. The Morgan fingerprint density at radius 2 is 2.38 bits per heavy atom. The number of aromatic nitrogens is 3. The van der Waals surface area contributed by atoms with Crippen molar-refractivity contribution in [1.82, 2.24) is 10.3 Å². The molecular formula is C7H10N3O3+. The highest BCUT2D eigenvalue weighted by Crippen LogP contribution is 2.18. The normalized spacial score (nSPS) is 21.1. The van der Waals surface area contributed by atoms with Crippen molar-refractivity contribution in [3.63, 3.8) is 0 Å². The number of hydrogen-bond donors (Lipinski definition) is 3. The van der Waals surface area contributed by atoms with Gasteiger partial charge in [-0.1, -0.05) is 5.21 Å². The Kier molecular flexibility index (Phi) is 1.68. The fraction of sp³-hybridized carbons (Fsp3) is 0.571. The third-order valence-electron chi connectivity index (χ3n) is 2.33. The van der Waals surface area contributed by atoms with Crippen molar-refractivity contribution in [2.24, 2.45) is 0 Å². The first kappa shape index (κ1) is 8.03. The zero-order valence-electron chi connectivity index (χ0n) is 6.91. The van der Waals surface area contributed by atoms with Crippen LogP contribution in [0.3, 0.4) is 0 Å². The molecule has 1 aliphatic rings. The second-order valence-corrected chi connectivity index (χ2v) is 3.14. The number of rotatable bonds is 1. The summed E-state index contributed by atoms with van der Waals surface area (Å²) < 4.78 is 1.57. The van der Waals surface area contributed by atoms with Crippen molar-refractivity contribution in [3.8, 4) is 0 Å². The van der Waals surface area contributed by atoms with Gasteiger partial charge in [0.15, 0.2) is 0 Å². The summed E-state index contributed by atoms with van der Waals surface area (Å²) in [6.07, 6.45) is 1.32. The molecular weight excluding hydrogens is 174 g/mol. The standard InChI is InChI=1S/C7H9N3O3/c11-6-5-4(7(12)13)2-1-3-10(5)9-8-6/h4H,1-3H2,(H2,11,12,13)/p+1. The van der Waals surface area contributed by atoms with Crippen molar-refractivity contribution in [3.05, 3.63) is 16.0 Å². The van der Waals surface area contributed by atoms with Gasteiger partial charge in [0.1, 0.15) is 12.5 Å². The molecule has 0 bridgehead atoms. The number of aliphatic carboxylic acids is 1. The Labute approximate surface area is 73.2 Å². The van der Waals surface area contributed by atoms with Crippen LogP contribution in [0.4, 0.5) is 0 Å². The van der Waals surface area contributed by atoms with Crippen molar-refractivity contribution < 1.29 is 14.6 Å². The van der Waals surface area contributed by atoms with Crippen LogP contribution in [0.25, 0.3) is 0 Å². The van der Waals surface area contributed by atoms with E-state index >= 15 is 0 Å². The van der Waals surface area contributed by atoms with Crippen LogP contribution < -0.4 is 10.2 Å². The predicted octanol–water partition coefficient (Wildman–Crippen LogP) is -1.05. The Hall–Kier alpha value is -1.59. The maximum Gasteiger partial charge on any atom is 0.394 e. The van der Waals surface area contributed by atoms with Gasteiger partial charge in [-0.15, -0.1) is 5.10 Å². The van der Waals surface area contributed by atoms with E-state index in [0.717, 1.165) is 6.42 Å². The molecule has 0 aromatic carbocycles. The summed E-state index contributed by atoms with van der Waals surface area (Å²) in [6.45, 7) is 0.678. The highest BCUT2D eigenvalue weighted by Gasteiger charge is 2.35. The first-order valence-corrected chi connectivity index (χ1v) is 4.13. The largest absolute Gasteiger partial charge is 0.481 e. The molecule has 0 saturated heterocycles. The van der Waals surface area contributed by atoms with Crippen LogP contribution in [0, 0.1) is 0 Å². The maximum absolute atomic E-state index is 11.2. The lowest BCUT2D eigenvalue weighted by molar-refractivity contribution is -0.765. The van der Waals surface area contributed by atoms with Gasteiger partial charge < -0.3 is 5.11 Å². The van der Waals surface area contributed by atoms with Gasteiger partial charge in [-0.25, -0.2) is 4.79 Å². The van der Waals surface area contributed by atoms with E-state index in [1.54, 1.807) is 4.68 Å². The topological polar surface area (TPSA) is 89.8 Å². The number of nitrogens with one attached hydrogen (secondary N) is 2. The molecule has 0 amide bonds. The van der Waals surface area contributed by atoms with Gasteiger partial charge in [0.2, 0.25) is 5.69 Å². The average molecular weight is 184 g/mol. The highest BCUT2D eigenvalue weighted by molar-refractivity contribution is 5.74. The molecule has 2 heterocycles. The molecule has 70 valence electrons. The van der Waals surface area contributed by atoms with Gasteiger partial charge in [-0.05, 0) is 12.8 Å². The van der Waals surface area contributed by atoms with E-state index in [1.807, 2.05) is 0 Å². The molecule has 1 atom stereocenters. The molecule has 0 spiro atoms. The first-order valence-electron chi connectivity index (χ1n) is 4.13. The number of carboxylic acid groups (broad SMARTS) is 1. The van der Waals surface area contributed by atoms with Crippen LogP contribution in [0.15, 0.2) is 4.79 Å². The monoisotopic (exact) mass is 184 g/mol. The summed E-state index contributed by atoms with van der Waals surface area (Å²) in [4.78, 5) is 22.0. The Bertz CT molecular complexity index is 392. The molecule has 0 radical (unpaired) electrons. The van der Waals surface area contributed by atoms with Crippen molar-refractivity contribution in [1.29, 1.82) is 0 Å². The lowest BCUT2D eigenvalue weighted by Gasteiger charge is -2.13.